The summed E-state index contributed by atoms with van der Waals surface area (Å²) in [6.45, 7) is 0. The topological polar surface area (TPSA) is 0 Å². The Labute approximate surface area is 88.3 Å². The fourth-order valence-corrected chi connectivity index (χ4v) is 0.782. The Morgan fingerprint density at radius 1 is 0.929 bits per heavy atom. The third-order valence-corrected chi connectivity index (χ3v) is 1.79. The van der Waals surface area contributed by atoms with Crippen LogP contribution in [0.2, 0.25) is 0 Å². The van der Waals surface area contributed by atoms with E-state index in [4.69, 9.17) is 0 Å². The molecule has 0 aromatic heterocycles. The summed E-state index contributed by atoms with van der Waals surface area (Å²) in [5, 5.41) is 0. The molecule has 0 rings (SSSR count). The molecule has 0 unspecified atom stereocenters. The smallest absolute Gasteiger partial charge is 0.199 e. The van der Waals surface area contributed by atoms with Crippen molar-refractivity contribution in [1.82, 2.24) is 0 Å². The van der Waals surface area contributed by atoms with Crippen LogP contribution in [0.4, 0.5) is 30.7 Å². The standard InChI is InChI=1S/C6H4F7I/c7-4(8,2-1-3-14)5(9,10)6(11,12)13/h1,3H,2H2. The van der Waals surface area contributed by atoms with Crippen molar-refractivity contribution in [2.75, 3.05) is 0 Å². The fraction of sp³-hybridized carbons (Fsp3) is 0.667. The molecule has 0 fully saturated rings. The summed E-state index contributed by atoms with van der Waals surface area (Å²) in [5.41, 5.74) is 0. The zero-order valence-electron chi connectivity index (χ0n) is 6.39. The van der Waals surface area contributed by atoms with Gasteiger partial charge in [0, 0.05) is 6.42 Å². The Morgan fingerprint density at radius 3 is 1.64 bits per heavy atom. The van der Waals surface area contributed by atoms with Crippen LogP contribution >= 0.6 is 22.6 Å². The molecule has 0 aromatic rings. The molecule has 8 heteroatoms. The number of rotatable bonds is 3. The Morgan fingerprint density at radius 2 is 1.36 bits per heavy atom. The second-order valence-corrected chi connectivity index (χ2v) is 3.06. The van der Waals surface area contributed by atoms with E-state index < -0.39 is 24.4 Å². The van der Waals surface area contributed by atoms with E-state index in [0.29, 0.717) is 6.08 Å². The number of allylic oxidation sites excluding steroid dienone is 1. The maximum absolute atomic E-state index is 12.4. The Bertz CT molecular complexity index is 217. The number of halogens is 8. The minimum atomic E-state index is -6.24. The molecule has 0 heterocycles. The molecular formula is C6H4F7I. The van der Waals surface area contributed by atoms with Crippen LogP contribution in [0.3, 0.4) is 0 Å². The van der Waals surface area contributed by atoms with Crippen LogP contribution in [0.25, 0.3) is 0 Å². The summed E-state index contributed by atoms with van der Waals surface area (Å²) in [6.07, 6.45) is -7.35. The van der Waals surface area contributed by atoms with Crippen molar-refractivity contribution < 1.29 is 30.7 Å². The predicted octanol–water partition coefficient (Wildman–Crippen LogP) is 4.16. The van der Waals surface area contributed by atoms with E-state index in [-0.39, 0.29) is 0 Å². The summed E-state index contributed by atoms with van der Waals surface area (Å²) in [5.74, 6) is -11.1. The zero-order chi connectivity index (χ0) is 11.6. The van der Waals surface area contributed by atoms with E-state index in [2.05, 4.69) is 0 Å². The van der Waals surface area contributed by atoms with Crippen molar-refractivity contribution in [1.29, 1.82) is 0 Å². The van der Waals surface area contributed by atoms with E-state index in [0.717, 1.165) is 4.08 Å². The lowest BCUT2D eigenvalue weighted by Gasteiger charge is -2.27. The molecule has 0 aromatic carbocycles. The molecule has 0 N–H and O–H groups in total. The van der Waals surface area contributed by atoms with Gasteiger partial charge in [0.25, 0.3) is 0 Å². The summed E-state index contributed by atoms with van der Waals surface area (Å²) >= 11 is 1.44. The van der Waals surface area contributed by atoms with Gasteiger partial charge in [-0.25, -0.2) is 0 Å². The first kappa shape index (κ1) is 14.0. The lowest BCUT2D eigenvalue weighted by Crippen LogP contribution is -2.51. The second-order valence-electron chi connectivity index (χ2n) is 2.34. The number of hydrogen-bond donors (Lipinski definition) is 0. The third kappa shape index (κ3) is 2.74. The van der Waals surface area contributed by atoms with Gasteiger partial charge in [0.15, 0.2) is 0 Å². The third-order valence-electron chi connectivity index (χ3n) is 1.28. The predicted molar refractivity (Wildman–Crippen MR) is 43.7 cm³/mol. The van der Waals surface area contributed by atoms with Crippen molar-refractivity contribution >= 4 is 22.6 Å². The second kappa shape index (κ2) is 4.23. The van der Waals surface area contributed by atoms with Crippen molar-refractivity contribution in [3.8, 4) is 0 Å². The number of hydrogen-bond acceptors (Lipinski definition) is 0. The SMILES string of the molecule is FC(F)(F)C(F)(F)C(F)(F)CC=CI. The fourth-order valence-electron chi connectivity index (χ4n) is 0.528. The first-order valence-electron chi connectivity index (χ1n) is 3.14. The Balaban J connectivity index is 4.87. The zero-order valence-corrected chi connectivity index (χ0v) is 8.54. The van der Waals surface area contributed by atoms with Crippen LogP contribution in [-0.2, 0) is 0 Å². The molecular weight excluding hydrogens is 332 g/mol. The van der Waals surface area contributed by atoms with Crippen LogP contribution in [-0.4, -0.2) is 18.0 Å². The molecule has 0 radical (unpaired) electrons. The van der Waals surface area contributed by atoms with Gasteiger partial charge < -0.3 is 0 Å². The lowest BCUT2D eigenvalue weighted by atomic mass is 10.1. The van der Waals surface area contributed by atoms with E-state index in [1.807, 2.05) is 0 Å². The molecule has 0 spiro atoms. The van der Waals surface area contributed by atoms with Crippen LogP contribution in [0.1, 0.15) is 6.42 Å². The van der Waals surface area contributed by atoms with Gasteiger partial charge in [0.05, 0.1) is 0 Å². The molecule has 0 aliphatic heterocycles. The van der Waals surface area contributed by atoms with E-state index in [1.54, 1.807) is 0 Å². The van der Waals surface area contributed by atoms with Crippen molar-refractivity contribution in [3.63, 3.8) is 0 Å². The van der Waals surface area contributed by atoms with E-state index in [1.165, 1.54) is 22.6 Å². The summed E-state index contributed by atoms with van der Waals surface area (Å²) in [7, 11) is 0. The van der Waals surface area contributed by atoms with Gasteiger partial charge in [-0.05, 0) is 4.08 Å². The van der Waals surface area contributed by atoms with Crippen LogP contribution in [0.15, 0.2) is 10.2 Å². The first-order chi connectivity index (χ1) is 6.06. The summed E-state index contributed by atoms with van der Waals surface area (Å²) < 4.78 is 84.4. The highest BCUT2D eigenvalue weighted by Crippen LogP contribution is 2.48. The molecule has 0 aliphatic rings. The molecule has 0 nitrogen and oxygen atoms in total. The first-order valence-corrected chi connectivity index (χ1v) is 4.38. The largest absolute Gasteiger partial charge is 0.459 e. The molecule has 84 valence electrons. The quantitative estimate of drug-likeness (QED) is 0.536. The highest BCUT2D eigenvalue weighted by Gasteiger charge is 2.72. The Kier molecular flexibility index (Phi) is 4.23. The van der Waals surface area contributed by atoms with Gasteiger partial charge >= 0.3 is 18.0 Å². The molecule has 0 atom stereocenters. The minimum Gasteiger partial charge on any atom is -0.199 e. The summed E-state index contributed by atoms with van der Waals surface area (Å²) in [6, 6.07) is 0. The maximum Gasteiger partial charge on any atom is 0.459 e. The lowest BCUT2D eigenvalue weighted by molar-refractivity contribution is -0.353. The molecule has 0 aliphatic carbocycles. The van der Waals surface area contributed by atoms with Crippen molar-refractivity contribution in [2.24, 2.45) is 0 Å². The monoisotopic (exact) mass is 336 g/mol. The van der Waals surface area contributed by atoms with Gasteiger partial charge in [0.1, 0.15) is 0 Å². The van der Waals surface area contributed by atoms with Crippen LogP contribution in [0.5, 0.6) is 0 Å². The van der Waals surface area contributed by atoms with Gasteiger partial charge in [-0.2, -0.15) is 30.7 Å². The van der Waals surface area contributed by atoms with Gasteiger partial charge in [0.2, 0.25) is 0 Å². The average molecular weight is 336 g/mol. The Hall–Kier alpha value is -0.0200. The van der Waals surface area contributed by atoms with Crippen molar-refractivity contribution in [3.05, 3.63) is 10.2 Å². The summed E-state index contributed by atoms with van der Waals surface area (Å²) in [4.78, 5) is 0. The van der Waals surface area contributed by atoms with Crippen molar-refractivity contribution in [2.45, 2.75) is 24.4 Å². The highest BCUT2D eigenvalue weighted by atomic mass is 127. The molecule has 0 bridgehead atoms. The van der Waals surface area contributed by atoms with E-state index >= 15 is 0 Å². The molecule has 14 heavy (non-hydrogen) atoms. The average Bonchev–Trinajstić information content (AvgIpc) is 1.98. The van der Waals surface area contributed by atoms with Crippen LogP contribution < -0.4 is 0 Å². The molecule has 0 saturated carbocycles. The minimum absolute atomic E-state index is 0.542. The van der Waals surface area contributed by atoms with Gasteiger partial charge in [-0.1, -0.05) is 28.7 Å². The maximum atomic E-state index is 12.4. The highest BCUT2D eigenvalue weighted by molar-refractivity contribution is 14.1. The van der Waals surface area contributed by atoms with Gasteiger partial charge in [-0.15, -0.1) is 0 Å². The van der Waals surface area contributed by atoms with E-state index in [9.17, 15) is 30.7 Å². The molecule has 0 saturated heterocycles. The molecule has 0 amide bonds. The van der Waals surface area contributed by atoms with Gasteiger partial charge in [-0.3, -0.25) is 0 Å². The normalized spacial score (nSPS) is 15.1. The number of alkyl halides is 7. The van der Waals surface area contributed by atoms with Crippen LogP contribution in [0, 0.1) is 0 Å².